The number of halogens is 1. The molecule has 1 atom stereocenters. The van der Waals surface area contributed by atoms with Crippen LogP contribution in [0.2, 0.25) is 0 Å². The Morgan fingerprint density at radius 2 is 1.91 bits per heavy atom. The molecule has 1 fully saturated rings. The number of carbonyl (C=O) groups excluding carboxylic acids is 2. The average molecular weight is 448 g/mol. The van der Waals surface area contributed by atoms with Gasteiger partial charge in [-0.05, 0) is 36.8 Å². The Labute approximate surface area is 190 Å². The van der Waals surface area contributed by atoms with Crippen molar-refractivity contribution >= 4 is 35.1 Å². The van der Waals surface area contributed by atoms with E-state index in [0.29, 0.717) is 24.5 Å². The lowest BCUT2D eigenvalue weighted by atomic mass is 10.1. The van der Waals surface area contributed by atoms with Crippen LogP contribution in [0, 0.1) is 12.7 Å². The van der Waals surface area contributed by atoms with Gasteiger partial charge in [-0.25, -0.2) is 9.18 Å². The molecule has 5 nitrogen and oxygen atoms in total. The summed E-state index contributed by atoms with van der Waals surface area (Å²) in [4.78, 5) is 29.4. The Hall–Kier alpha value is -3.32. The molecule has 32 heavy (non-hydrogen) atoms. The third-order valence-electron chi connectivity index (χ3n) is 5.85. The molecule has 0 bridgehead atoms. The molecule has 1 N–H and O–H groups in total. The van der Waals surface area contributed by atoms with E-state index >= 15 is 0 Å². The molecular formula is C25H22FN3O2S. The summed E-state index contributed by atoms with van der Waals surface area (Å²) in [7, 11) is 0. The van der Waals surface area contributed by atoms with Crippen molar-refractivity contribution in [1.29, 1.82) is 0 Å². The van der Waals surface area contributed by atoms with Crippen LogP contribution in [-0.4, -0.2) is 29.1 Å². The Bertz CT molecular complexity index is 1220. The fraction of sp³-hybridized carbons (Fsp3) is 0.200. The van der Waals surface area contributed by atoms with E-state index in [9.17, 15) is 14.0 Å². The SMILES string of the molecule is Cc1cccc(CN2C(=O)C3(SCCN3C(=O)Nc3cccc(F)c3)c3ccccc32)c1. The number of aryl methyl sites for hydroxylation is 1. The highest BCUT2D eigenvalue weighted by Crippen LogP contribution is 2.54. The lowest BCUT2D eigenvalue weighted by Crippen LogP contribution is -2.51. The van der Waals surface area contributed by atoms with E-state index in [0.717, 1.165) is 22.4 Å². The van der Waals surface area contributed by atoms with Gasteiger partial charge in [-0.1, -0.05) is 54.1 Å². The van der Waals surface area contributed by atoms with Crippen LogP contribution in [0.4, 0.5) is 20.6 Å². The van der Waals surface area contributed by atoms with Crippen LogP contribution in [0.1, 0.15) is 16.7 Å². The summed E-state index contributed by atoms with van der Waals surface area (Å²) in [6.45, 7) is 2.87. The molecule has 0 radical (unpaired) electrons. The third-order valence-corrected chi connectivity index (χ3v) is 7.26. The van der Waals surface area contributed by atoms with Gasteiger partial charge in [-0.15, -0.1) is 11.8 Å². The number of benzene rings is 3. The molecule has 1 spiro atoms. The van der Waals surface area contributed by atoms with Gasteiger partial charge in [0.1, 0.15) is 5.82 Å². The highest BCUT2D eigenvalue weighted by molar-refractivity contribution is 8.01. The van der Waals surface area contributed by atoms with Crippen molar-refractivity contribution in [3.8, 4) is 0 Å². The van der Waals surface area contributed by atoms with Gasteiger partial charge >= 0.3 is 6.03 Å². The minimum Gasteiger partial charge on any atom is -0.308 e. The molecule has 3 aromatic rings. The van der Waals surface area contributed by atoms with Crippen LogP contribution in [-0.2, 0) is 16.2 Å². The van der Waals surface area contributed by atoms with Crippen molar-refractivity contribution in [3.63, 3.8) is 0 Å². The molecule has 3 amide bonds. The molecule has 0 aliphatic carbocycles. The van der Waals surface area contributed by atoms with Crippen molar-refractivity contribution in [1.82, 2.24) is 4.90 Å². The van der Waals surface area contributed by atoms with E-state index < -0.39 is 16.7 Å². The predicted octanol–water partition coefficient (Wildman–Crippen LogP) is 5.11. The van der Waals surface area contributed by atoms with E-state index in [1.165, 1.54) is 23.9 Å². The normalized spacial score (nSPS) is 19.5. The summed E-state index contributed by atoms with van der Waals surface area (Å²) in [5, 5.41) is 2.76. The number of nitrogens with zero attached hydrogens (tertiary/aromatic N) is 2. The minimum absolute atomic E-state index is 0.128. The molecule has 1 unspecified atom stereocenters. The first-order chi connectivity index (χ1) is 15.5. The second-order valence-electron chi connectivity index (χ2n) is 7.98. The van der Waals surface area contributed by atoms with Crippen molar-refractivity contribution in [3.05, 3.63) is 95.3 Å². The van der Waals surface area contributed by atoms with E-state index in [1.54, 1.807) is 21.9 Å². The van der Waals surface area contributed by atoms with Gasteiger partial charge < -0.3 is 10.2 Å². The quantitative estimate of drug-likeness (QED) is 0.607. The monoisotopic (exact) mass is 447 g/mol. The van der Waals surface area contributed by atoms with Crippen molar-refractivity contribution in [2.75, 3.05) is 22.5 Å². The van der Waals surface area contributed by atoms with Crippen molar-refractivity contribution in [2.45, 2.75) is 18.3 Å². The maximum absolute atomic E-state index is 13.9. The van der Waals surface area contributed by atoms with Crippen LogP contribution in [0.5, 0.6) is 0 Å². The maximum Gasteiger partial charge on any atom is 0.323 e. The van der Waals surface area contributed by atoms with Crippen molar-refractivity contribution in [2.24, 2.45) is 0 Å². The molecule has 2 aliphatic rings. The summed E-state index contributed by atoms with van der Waals surface area (Å²) in [5.41, 5.74) is 4.15. The van der Waals surface area contributed by atoms with Gasteiger partial charge in [-0.3, -0.25) is 9.69 Å². The fourth-order valence-electron chi connectivity index (χ4n) is 4.48. The fourth-order valence-corrected chi connectivity index (χ4v) is 5.94. The van der Waals surface area contributed by atoms with Gasteiger partial charge in [0.05, 0.1) is 12.2 Å². The largest absolute Gasteiger partial charge is 0.323 e. The predicted molar refractivity (Wildman–Crippen MR) is 125 cm³/mol. The Kier molecular flexibility index (Phi) is 5.13. The first-order valence-electron chi connectivity index (χ1n) is 10.4. The molecule has 0 aromatic heterocycles. The lowest BCUT2D eigenvalue weighted by Gasteiger charge is -2.33. The summed E-state index contributed by atoms with van der Waals surface area (Å²) in [5.74, 6) is 0.0756. The highest BCUT2D eigenvalue weighted by Gasteiger charge is 2.59. The Morgan fingerprint density at radius 1 is 1.09 bits per heavy atom. The van der Waals surface area contributed by atoms with Crippen LogP contribution < -0.4 is 10.2 Å². The topological polar surface area (TPSA) is 52.7 Å². The zero-order valence-electron chi connectivity index (χ0n) is 17.5. The summed E-state index contributed by atoms with van der Waals surface area (Å²) >= 11 is 1.47. The second kappa shape index (κ2) is 7.98. The maximum atomic E-state index is 13.9. The molecular weight excluding hydrogens is 425 g/mol. The number of para-hydroxylation sites is 1. The van der Waals surface area contributed by atoms with Crippen LogP contribution >= 0.6 is 11.8 Å². The first kappa shape index (κ1) is 20.6. The molecule has 162 valence electrons. The molecule has 2 heterocycles. The summed E-state index contributed by atoms with van der Waals surface area (Å²) < 4.78 is 13.6. The van der Waals surface area contributed by atoms with Gasteiger partial charge in [0, 0.05) is 23.5 Å². The molecule has 2 aliphatic heterocycles. The molecule has 1 saturated heterocycles. The van der Waals surface area contributed by atoms with Gasteiger partial charge in [0.2, 0.25) is 0 Å². The zero-order valence-corrected chi connectivity index (χ0v) is 18.4. The zero-order chi connectivity index (χ0) is 22.3. The van der Waals surface area contributed by atoms with Crippen LogP contribution in [0.3, 0.4) is 0 Å². The smallest absolute Gasteiger partial charge is 0.308 e. The second-order valence-corrected chi connectivity index (χ2v) is 9.27. The lowest BCUT2D eigenvalue weighted by molar-refractivity contribution is -0.123. The number of urea groups is 1. The molecule has 0 saturated carbocycles. The van der Waals surface area contributed by atoms with E-state index in [-0.39, 0.29) is 5.91 Å². The number of anilines is 2. The minimum atomic E-state index is -1.13. The van der Waals surface area contributed by atoms with Gasteiger partial charge in [0.15, 0.2) is 4.87 Å². The third kappa shape index (κ3) is 3.33. The number of amides is 3. The summed E-state index contributed by atoms with van der Waals surface area (Å²) in [6.07, 6.45) is 0. The summed E-state index contributed by atoms with van der Waals surface area (Å²) in [6, 6.07) is 21.1. The van der Waals surface area contributed by atoms with E-state index in [2.05, 4.69) is 11.4 Å². The molecule has 3 aromatic carbocycles. The van der Waals surface area contributed by atoms with E-state index in [4.69, 9.17) is 0 Å². The van der Waals surface area contributed by atoms with Crippen molar-refractivity contribution < 1.29 is 14.0 Å². The van der Waals surface area contributed by atoms with Gasteiger partial charge in [-0.2, -0.15) is 0 Å². The first-order valence-corrected chi connectivity index (χ1v) is 11.4. The molecule has 7 heteroatoms. The number of carbonyl (C=O) groups is 2. The van der Waals surface area contributed by atoms with Crippen LogP contribution in [0.15, 0.2) is 72.8 Å². The number of nitrogens with one attached hydrogen (secondary N) is 1. The number of fused-ring (bicyclic) bond motifs is 2. The highest BCUT2D eigenvalue weighted by atomic mass is 32.2. The van der Waals surface area contributed by atoms with Gasteiger partial charge in [0.25, 0.3) is 5.91 Å². The number of thioether (sulfide) groups is 1. The van der Waals surface area contributed by atoms with Crippen LogP contribution in [0.25, 0.3) is 0 Å². The average Bonchev–Trinajstić information content (AvgIpc) is 3.31. The van der Waals surface area contributed by atoms with E-state index in [1.807, 2.05) is 49.4 Å². The standard InChI is InChI=1S/C25H22FN3O2S/c1-17-6-4-7-18(14-17)16-28-22-11-3-2-10-21(22)25(23(28)30)29(12-13-32-25)24(31)27-20-9-5-8-19(26)15-20/h2-11,14-15H,12-13,16H2,1H3,(H,27,31). The number of hydrogen-bond donors (Lipinski definition) is 1. The number of rotatable bonds is 3. The Morgan fingerprint density at radius 3 is 2.72 bits per heavy atom. The molecule has 5 rings (SSSR count). The Balaban J connectivity index is 1.51. The number of hydrogen-bond acceptors (Lipinski definition) is 3.